The molecular formula is C24H49FN6O11. The van der Waals surface area contributed by atoms with Crippen molar-refractivity contribution in [2.24, 2.45) is 16.8 Å². The van der Waals surface area contributed by atoms with Crippen molar-refractivity contribution < 1.29 is 54.0 Å². The molecule has 2 heterocycles. The van der Waals surface area contributed by atoms with Crippen molar-refractivity contribution in [3.8, 4) is 0 Å². The molecule has 17 nitrogen and oxygen atoms in total. The molecule has 0 aromatic carbocycles. The molecule has 3 rings (SSSR count). The Labute approximate surface area is 244 Å². The highest BCUT2D eigenvalue weighted by Crippen LogP contribution is 2.27. The van der Waals surface area contributed by atoms with Gasteiger partial charge in [-0.05, 0) is 49.6 Å². The van der Waals surface area contributed by atoms with E-state index in [4.69, 9.17) is 41.4 Å². The van der Waals surface area contributed by atoms with E-state index < -0.39 is 55.1 Å². The van der Waals surface area contributed by atoms with E-state index in [1.165, 1.54) is 0 Å². The van der Waals surface area contributed by atoms with E-state index in [0.717, 1.165) is 32.9 Å². The molecule has 0 spiro atoms. The molecule has 1 saturated carbocycles. The summed E-state index contributed by atoms with van der Waals surface area (Å²) in [7, 11) is 1.00. The number of nitrogens with one attached hydrogen (secondary N) is 2. The van der Waals surface area contributed by atoms with Crippen molar-refractivity contribution >= 4 is 6.03 Å². The Bertz CT molecular complexity index is 724. The number of hydrogen-bond donors (Lipinski definition) is 9. The van der Waals surface area contributed by atoms with Gasteiger partial charge in [0.2, 0.25) is 6.29 Å². The molecular weight excluding hydrogens is 567 g/mol. The molecule has 18 heteroatoms. The lowest BCUT2D eigenvalue weighted by Crippen LogP contribution is -2.58. The fourth-order valence-corrected chi connectivity index (χ4v) is 4.75. The highest BCUT2D eigenvalue weighted by atomic mass is 19.3. The molecule has 0 aromatic rings. The van der Waals surface area contributed by atoms with E-state index in [1.807, 2.05) is 0 Å². The number of nitroso groups, excluding NO2 is 1. The summed E-state index contributed by atoms with van der Waals surface area (Å²) in [5.74, 6) is 0. The summed E-state index contributed by atoms with van der Waals surface area (Å²) in [4.78, 5) is 26.1. The van der Waals surface area contributed by atoms with Crippen LogP contribution in [0.3, 0.4) is 0 Å². The van der Waals surface area contributed by atoms with Crippen LogP contribution in [0.25, 0.3) is 0 Å². The van der Waals surface area contributed by atoms with Gasteiger partial charge in [0.1, 0.15) is 12.2 Å². The molecule has 0 radical (unpaired) electrons. The van der Waals surface area contributed by atoms with Crippen molar-refractivity contribution in [2.75, 3.05) is 46.5 Å². The predicted octanol–water partition coefficient (Wildman–Crippen LogP) is -2.29. The zero-order valence-electron chi connectivity index (χ0n) is 24.0. The summed E-state index contributed by atoms with van der Waals surface area (Å²) < 4.78 is 27.9. The van der Waals surface area contributed by atoms with Crippen LogP contribution in [0.15, 0.2) is 5.29 Å². The van der Waals surface area contributed by atoms with Crippen LogP contribution in [0.5, 0.6) is 0 Å². The maximum absolute atomic E-state index is 12.1. The van der Waals surface area contributed by atoms with Crippen molar-refractivity contribution in [3.05, 3.63) is 4.91 Å². The van der Waals surface area contributed by atoms with Gasteiger partial charge < -0.3 is 61.8 Å². The second-order valence-corrected chi connectivity index (χ2v) is 10.1. The normalized spacial score (nSPS) is 32.8. The van der Waals surface area contributed by atoms with Gasteiger partial charge in [0.05, 0.1) is 36.7 Å². The maximum atomic E-state index is 12.1. The topological polar surface area (TPSA) is 264 Å². The molecule has 3 fully saturated rings. The third-order valence-corrected chi connectivity index (χ3v) is 6.76. The van der Waals surface area contributed by atoms with Crippen molar-refractivity contribution in [1.29, 1.82) is 0 Å². The molecule has 0 aromatic heterocycles. The Hall–Kier alpha value is -1.68. The first kappa shape index (κ1) is 38.3. The summed E-state index contributed by atoms with van der Waals surface area (Å²) >= 11 is 0. The van der Waals surface area contributed by atoms with Gasteiger partial charge in [0.25, 0.3) is 0 Å². The van der Waals surface area contributed by atoms with Crippen LogP contribution >= 0.6 is 0 Å². The quantitative estimate of drug-likeness (QED) is 0.0635. The number of rotatable bonds is 12. The molecule has 2 aliphatic heterocycles. The maximum Gasteiger partial charge on any atom is 0.340 e. The van der Waals surface area contributed by atoms with Gasteiger partial charge in [0.15, 0.2) is 6.29 Å². The predicted molar refractivity (Wildman–Crippen MR) is 146 cm³/mol. The monoisotopic (exact) mass is 616 g/mol. The first-order valence-corrected chi connectivity index (χ1v) is 14.1. The molecule has 7 unspecified atom stereocenters. The third kappa shape index (κ3) is 13.7. The fraction of sp³-hybridized carbons (Fsp3) is 0.958. The Kier molecular flexibility index (Phi) is 20.0. The molecule has 2 saturated heterocycles. The Balaban J connectivity index is 0.000000613. The van der Waals surface area contributed by atoms with E-state index in [2.05, 4.69) is 25.6 Å². The number of carbonyl (C=O) groups is 1. The molecule has 0 bridgehead atoms. The minimum atomic E-state index is -1.23. The average Bonchev–Trinajstić information content (AvgIpc) is 2.97. The fourth-order valence-electron chi connectivity index (χ4n) is 4.75. The molecule has 9 atom stereocenters. The first-order valence-electron chi connectivity index (χ1n) is 14.1. The number of urea groups is 1. The van der Waals surface area contributed by atoms with Crippen LogP contribution in [0.2, 0.25) is 0 Å². The summed E-state index contributed by atoms with van der Waals surface area (Å²) in [6.45, 7) is 1.69. The highest BCUT2D eigenvalue weighted by molar-refractivity contribution is 5.74. The third-order valence-electron chi connectivity index (χ3n) is 6.76. The summed E-state index contributed by atoms with van der Waals surface area (Å²) in [5.41, 5.74) is 11.6. The zero-order valence-corrected chi connectivity index (χ0v) is 24.0. The van der Waals surface area contributed by atoms with E-state index in [0.29, 0.717) is 24.4 Å². The van der Waals surface area contributed by atoms with Gasteiger partial charge in [-0.15, -0.1) is 4.91 Å². The minimum absolute atomic E-state index is 0.00560. The largest absolute Gasteiger partial charge is 0.400 e. The van der Waals surface area contributed by atoms with E-state index in [1.54, 1.807) is 0 Å². The van der Waals surface area contributed by atoms with Gasteiger partial charge in [-0.1, -0.05) is 0 Å². The molecule has 248 valence electrons. The molecule has 11 N–H and O–H groups in total. The summed E-state index contributed by atoms with van der Waals surface area (Å²) in [6, 6.07) is -1.57. The lowest BCUT2D eigenvalue weighted by Gasteiger charge is -2.41. The number of aliphatic hydroxyl groups excluding tert-OH is 5. The van der Waals surface area contributed by atoms with Gasteiger partial charge in [0, 0.05) is 45.3 Å². The Morgan fingerprint density at radius 1 is 1.17 bits per heavy atom. The number of aliphatic hydroxyl groups is 5. The van der Waals surface area contributed by atoms with Gasteiger partial charge in [-0.3, -0.25) is 0 Å². The lowest BCUT2D eigenvalue weighted by molar-refractivity contribution is -0.324. The highest BCUT2D eigenvalue weighted by Gasteiger charge is 2.39. The van der Waals surface area contributed by atoms with Crippen molar-refractivity contribution in [1.82, 2.24) is 15.6 Å². The second-order valence-electron chi connectivity index (χ2n) is 10.1. The van der Waals surface area contributed by atoms with Crippen LogP contribution in [0, 0.1) is 4.91 Å². The number of halogens is 1. The minimum Gasteiger partial charge on any atom is -0.400 e. The molecule has 1 aliphatic carbocycles. The van der Waals surface area contributed by atoms with Crippen LogP contribution < -0.4 is 22.1 Å². The van der Waals surface area contributed by atoms with Crippen LogP contribution in [-0.4, -0.2) is 138 Å². The number of amides is 2. The molecule has 2 amide bonds. The summed E-state index contributed by atoms with van der Waals surface area (Å²) in [6.07, 6.45) is -0.926. The van der Waals surface area contributed by atoms with E-state index in [9.17, 15) is 19.3 Å². The molecule has 3 aliphatic rings. The van der Waals surface area contributed by atoms with Crippen LogP contribution in [0.1, 0.15) is 44.9 Å². The summed E-state index contributed by atoms with van der Waals surface area (Å²) in [5, 5.41) is 53.4. The van der Waals surface area contributed by atoms with Crippen molar-refractivity contribution in [3.63, 3.8) is 0 Å². The second kappa shape index (κ2) is 21.9. The van der Waals surface area contributed by atoms with E-state index >= 15 is 0 Å². The van der Waals surface area contributed by atoms with E-state index in [-0.39, 0.29) is 45.2 Å². The van der Waals surface area contributed by atoms with Gasteiger partial charge in [-0.2, -0.15) is 9.95 Å². The smallest absolute Gasteiger partial charge is 0.340 e. The number of hydrogen-bond acceptors (Lipinski definition) is 15. The molecule has 42 heavy (non-hydrogen) atoms. The van der Waals surface area contributed by atoms with Gasteiger partial charge in [-0.25, -0.2) is 4.79 Å². The standard InChI is InChI=1S/C18H36N6O6.C5H9FO4.CH4O/c19-5-7-24(23-28)18(27)22-12-9-14(20)17(15(26)10-12)30-16-4-1-3-13(29-16)11-21-6-2-8-25;6-10-5-4(8)1-3(7)2-9-5;1-2/h12-17,21,25-26H,1-11,19-20H2,(H,22,27);3-5,7-8H,1-2H2;2H,1H3/t12?,13?,14?,15?,16-,17-;;/m1../s1. The average molecular weight is 617 g/mol. The lowest BCUT2D eigenvalue weighted by atomic mass is 9.86. The zero-order chi connectivity index (χ0) is 31.5. The van der Waals surface area contributed by atoms with Crippen LogP contribution in [0.4, 0.5) is 9.32 Å². The number of nitrogens with two attached hydrogens (primary N) is 2. The SMILES string of the molecule is CO.NCCN(N=O)C(=O)NC1CC(N)[C@@H](O[C@@H]2CCCC(CNCCCO)O2)C(O)C1.OC1COC(OF)C(O)C1. The van der Waals surface area contributed by atoms with Crippen molar-refractivity contribution in [2.45, 2.75) is 100 Å². The first-order chi connectivity index (χ1) is 20.2. The Morgan fingerprint density at radius 3 is 2.50 bits per heavy atom. The Morgan fingerprint density at radius 2 is 1.90 bits per heavy atom. The number of ether oxygens (including phenoxy) is 3. The van der Waals surface area contributed by atoms with Crippen LogP contribution in [-0.2, 0) is 19.2 Å². The van der Waals surface area contributed by atoms with Gasteiger partial charge >= 0.3 is 6.03 Å². The number of nitrogens with zero attached hydrogens (tertiary/aromatic N) is 2. The number of carbonyl (C=O) groups excluding carboxylic acids is 1.